The number of carbonyl (C=O) groups excluding carboxylic acids is 1. The first-order chi connectivity index (χ1) is 9.78. The van der Waals surface area contributed by atoms with E-state index in [1.165, 1.54) is 11.8 Å². The molecule has 1 aromatic rings. The van der Waals surface area contributed by atoms with Gasteiger partial charge in [0.2, 0.25) is 5.91 Å². The highest BCUT2D eigenvalue weighted by Crippen LogP contribution is 2.24. The number of rotatable bonds is 5. The van der Waals surface area contributed by atoms with Crippen molar-refractivity contribution in [3.63, 3.8) is 0 Å². The van der Waals surface area contributed by atoms with Crippen LogP contribution in [-0.4, -0.2) is 51.9 Å². The normalized spacial score (nSPS) is 22.4. The summed E-state index contributed by atoms with van der Waals surface area (Å²) >= 11 is 1.32. The summed E-state index contributed by atoms with van der Waals surface area (Å²) in [6, 6.07) is -0.0498. The molecule has 1 N–H and O–H groups in total. The molecule has 118 valence electrons. The molecule has 1 fully saturated rings. The first kappa shape index (κ1) is 16.3. The molecule has 1 aromatic heterocycles. The number of carbonyl (C=O) groups is 1. The smallest absolute Gasteiger partial charge is 0.233 e. The predicted octanol–water partition coefficient (Wildman–Crippen LogP) is 0.643. The molecule has 1 saturated heterocycles. The fourth-order valence-electron chi connectivity index (χ4n) is 2.11. The van der Waals surface area contributed by atoms with Gasteiger partial charge in [-0.3, -0.25) is 4.79 Å². The summed E-state index contributed by atoms with van der Waals surface area (Å²) in [6.07, 6.45) is 2.13. The van der Waals surface area contributed by atoms with Crippen molar-refractivity contribution in [2.45, 2.75) is 49.7 Å². The van der Waals surface area contributed by atoms with Gasteiger partial charge in [0.1, 0.15) is 6.33 Å². The fourth-order valence-corrected chi connectivity index (χ4v) is 4.75. The molecule has 2 heterocycles. The Morgan fingerprint density at radius 1 is 1.48 bits per heavy atom. The van der Waals surface area contributed by atoms with Crippen molar-refractivity contribution in [1.82, 2.24) is 20.1 Å². The molecular weight excluding hydrogens is 312 g/mol. The van der Waals surface area contributed by atoms with Gasteiger partial charge in [-0.05, 0) is 27.2 Å². The molecule has 0 aromatic carbocycles. The molecule has 1 amide bonds. The molecule has 1 aliphatic heterocycles. The fraction of sp³-hybridized carbons (Fsp3) is 0.750. The molecule has 0 saturated carbocycles. The van der Waals surface area contributed by atoms with E-state index >= 15 is 0 Å². The Bertz CT molecular complexity index is 612. The number of nitrogens with zero attached hydrogens (tertiary/aromatic N) is 3. The third-order valence-electron chi connectivity index (χ3n) is 3.33. The Labute approximate surface area is 128 Å². The summed E-state index contributed by atoms with van der Waals surface area (Å²) in [7, 11) is -2.98. The van der Waals surface area contributed by atoms with Crippen LogP contribution in [0.25, 0.3) is 0 Å². The van der Waals surface area contributed by atoms with Crippen LogP contribution < -0.4 is 5.32 Å². The van der Waals surface area contributed by atoms with Crippen LogP contribution in [0.3, 0.4) is 0 Å². The van der Waals surface area contributed by atoms with Crippen LogP contribution >= 0.6 is 11.8 Å². The number of hydrogen-bond donors (Lipinski definition) is 1. The maximum Gasteiger partial charge on any atom is 0.233 e. The minimum atomic E-state index is -2.98. The van der Waals surface area contributed by atoms with Gasteiger partial charge in [0.15, 0.2) is 15.0 Å². The van der Waals surface area contributed by atoms with Crippen LogP contribution in [-0.2, 0) is 14.6 Å². The molecule has 21 heavy (non-hydrogen) atoms. The maximum absolute atomic E-state index is 12.1. The highest BCUT2D eigenvalue weighted by atomic mass is 32.2. The highest BCUT2D eigenvalue weighted by Gasteiger charge is 2.30. The summed E-state index contributed by atoms with van der Waals surface area (Å²) < 4.78 is 24.7. The Balaban J connectivity index is 1.92. The lowest BCUT2D eigenvalue weighted by molar-refractivity contribution is -0.120. The average molecular weight is 332 g/mol. The van der Waals surface area contributed by atoms with Crippen molar-refractivity contribution in [2.75, 3.05) is 11.5 Å². The molecule has 0 aliphatic carbocycles. The van der Waals surface area contributed by atoms with E-state index in [1.54, 1.807) is 13.3 Å². The first-order valence-electron chi connectivity index (χ1n) is 6.85. The Morgan fingerprint density at radius 2 is 2.19 bits per heavy atom. The SMILES string of the molecule is CC(C)n1cnnc1S[C@@H](C)C(=O)N[C@@H]1CCS(=O)(=O)C1. The Morgan fingerprint density at radius 3 is 2.76 bits per heavy atom. The van der Waals surface area contributed by atoms with Crippen LogP contribution in [0.5, 0.6) is 0 Å². The minimum Gasteiger partial charge on any atom is -0.351 e. The zero-order valence-corrected chi connectivity index (χ0v) is 13.9. The van der Waals surface area contributed by atoms with E-state index in [1.807, 2.05) is 18.4 Å². The van der Waals surface area contributed by atoms with Gasteiger partial charge in [-0.25, -0.2) is 8.42 Å². The topological polar surface area (TPSA) is 93.9 Å². The first-order valence-corrected chi connectivity index (χ1v) is 9.55. The molecule has 0 bridgehead atoms. The van der Waals surface area contributed by atoms with Crippen molar-refractivity contribution in [2.24, 2.45) is 0 Å². The van der Waals surface area contributed by atoms with Crippen LogP contribution in [0.4, 0.5) is 0 Å². The van der Waals surface area contributed by atoms with E-state index < -0.39 is 9.84 Å². The van der Waals surface area contributed by atoms with Crippen molar-refractivity contribution >= 4 is 27.5 Å². The molecule has 0 spiro atoms. The van der Waals surface area contributed by atoms with Crippen molar-refractivity contribution in [3.05, 3.63) is 6.33 Å². The summed E-state index contributed by atoms with van der Waals surface area (Å²) in [5.74, 6) is 0.0276. The van der Waals surface area contributed by atoms with Gasteiger partial charge in [-0.2, -0.15) is 0 Å². The van der Waals surface area contributed by atoms with Gasteiger partial charge in [0.05, 0.1) is 16.8 Å². The monoisotopic (exact) mass is 332 g/mol. The van der Waals surface area contributed by atoms with Crippen molar-refractivity contribution in [1.29, 1.82) is 0 Å². The van der Waals surface area contributed by atoms with Gasteiger partial charge in [0, 0.05) is 12.1 Å². The van der Waals surface area contributed by atoms with E-state index in [2.05, 4.69) is 15.5 Å². The quantitative estimate of drug-likeness (QED) is 0.795. The highest BCUT2D eigenvalue weighted by molar-refractivity contribution is 8.00. The second-order valence-electron chi connectivity index (χ2n) is 5.48. The van der Waals surface area contributed by atoms with Crippen LogP contribution in [0, 0.1) is 0 Å². The summed E-state index contributed by atoms with van der Waals surface area (Å²) in [6.45, 7) is 5.81. The number of sulfone groups is 1. The van der Waals surface area contributed by atoms with Gasteiger partial charge < -0.3 is 9.88 Å². The van der Waals surface area contributed by atoms with Crippen molar-refractivity contribution < 1.29 is 13.2 Å². The van der Waals surface area contributed by atoms with E-state index in [-0.39, 0.29) is 34.7 Å². The van der Waals surface area contributed by atoms with Crippen LogP contribution in [0.2, 0.25) is 0 Å². The summed E-state index contributed by atoms with van der Waals surface area (Å²) in [4.78, 5) is 12.1. The molecule has 0 radical (unpaired) electrons. The summed E-state index contributed by atoms with van der Waals surface area (Å²) in [5.41, 5.74) is 0. The predicted molar refractivity (Wildman–Crippen MR) is 80.9 cm³/mol. The summed E-state index contributed by atoms with van der Waals surface area (Å²) in [5, 5.41) is 11.0. The molecule has 0 unspecified atom stereocenters. The largest absolute Gasteiger partial charge is 0.351 e. The third-order valence-corrected chi connectivity index (χ3v) is 6.17. The van der Waals surface area contributed by atoms with E-state index in [4.69, 9.17) is 0 Å². The van der Waals surface area contributed by atoms with E-state index in [9.17, 15) is 13.2 Å². The van der Waals surface area contributed by atoms with Gasteiger partial charge in [-0.1, -0.05) is 11.8 Å². The molecule has 9 heteroatoms. The molecular formula is C12H20N4O3S2. The third kappa shape index (κ3) is 4.19. The minimum absolute atomic E-state index is 0.0400. The van der Waals surface area contributed by atoms with E-state index in [0.717, 1.165) is 0 Å². The Kier molecular flexibility index (Phi) is 4.92. The van der Waals surface area contributed by atoms with Crippen LogP contribution in [0.15, 0.2) is 11.5 Å². The van der Waals surface area contributed by atoms with Gasteiger partial charge >= 0.3 is 0 Å². The zero-order valence-electron chi connectivity index (χ0n) is 12.3. The molecule has 2 rings (SSSR count). The number of hydrogen-bond acceptors (Lipinski definition) is 6. The lowest BCUT2D eigenvalue weighted by atomic mass is 10.2. The second kappa shape index (κ2) is 6.35. The van der Waals surface area contributed by atoms with Crippen molar-refractivity contribution in [3.8, 4) is 0 Å². The number of nitrogens with one attached hydrogen (secondary N) is 1. The van der Waals surface area contributed by atoms with E-state index in [0.29, 0.717) is 11.6 Å². The number of thioether (sulfide) groups is 1. The van der Waals surface area contributed by atoms with Gasteiger partial charge in [-0.15, -0.1) is 10.2 Å². The molecule has 2 atom stereocenters. The second-order valence-corrected chi connectivity index (χ2v) is 9.02. The number of amides is 1. The average Bonchev–Trinajstić information content (AvgIpc) is 2.95. The zero-order chi connectivity index (χ0) is 15.6. The van der Waals surface area contributed by atoms with Crippen LogP contribution in [0.1, 0.15) is 33.2 Å². The maximum atomic E-state index is 12.1. The number of aromatic nitrogens is 3. The molecule has 1 aliphatic rings. The molecule has 7 nitrogen and oxygen atoms in total. The lowest BCUT2D eigenvalue weighted by Gasteiger charge is -2.16. The Hall–Kier alpha value is -1.09. The van der Waals surface area contributed by atoms with Gasteiger partial charge in [0.25, 0.3) is 0 Å². The lowest BCUT2D eigenvalue weighted by Crippen LogP contribution is -2.40. The standard InChI is InChI=1S/C12H20N4O3S2/c1-8(2)16-7-13-15-12(16)20-9(3)11(17)14-10-4-5-21(18,19)6-10/h7-10H,4-6H2,1-3H3,(H,14,17)/t9-,10+/m0/s1.